The second kappa shape index (κ2) is 7.57. The van der Waals surface area contributed by atoms with Gasteiger partial charge in [-0.25, -0.2) is 0 Å². The SMILES string of the molecule is COc1ccc(CN2C(=O)c3oc4ccc(C)cc4c(=O)c3C2c2ccc(O)cc2)cc1. The van der Waals surface area contributed by atoms with Gasteiger partial charge < -0.3 is 19.2 Å². The minimum atomic E-state index is -0.624. The van der Waals surface area contributed by atoms with Crippen molar-refractivity contribution in [2.75, 3.05) is 7.11 Å². The number of hydrogen-bond donors (Lipinski definition) is 1. The van der Waals surface area contributed by atoms with Gasteiger partial charge in [-0.05, 0) is 54.4 Å². The van der Waals surface area contributed by atoms with Crippen molar-refractivity contribution in [2.24, 2.45) is 0 Å². The summed E-state index contributed by atoms with van der Waals surface area (Å²) in [6.45, 7) is 2.19. The molecule has 0 saturated heterocycles. The van der Waals surface area contributed by atoms with Crippen LogP contribution in [0.4, 0.5) is 0 Å². The molecular weight excluding hydrogens is 406 g/mol. The Bertz CT molecular complexity index is 1390. The third kappa shape index (κ3) is 3.21. The van der Waals surface area contributed by atoms with Crippen LogP contribution >= 0.6 is 0 Å². The summed E-state index contributed by atoms with van der Waals surface area (Å²) in [5.41, 5.74) is 3.06. The summed E-state index contributed by atoms with van der Waals surface area (Å²) in [4.78, 5) is 28.6. The van der Waals surface area contributed by atoms with Gasteiger partial charge in [0.25, 0.3) is 5.91 Å². The molecule has 6 heteroatoms. The standard InChI is InChI=1S/C26H21NO5/c1-15-3-12-21-20(13-15)24(29)22-23(17-6-8-18(28)9-7-17)27(26(30)25(22)32-21)14-16-4-10-19(31-2)11-5-16/h3-13,23,28H,14H2,1-2H3. The number of ether oxygens (including phenoxy) is 1. The van der Waals surface area contributed by atoms with Crippen LogP contribution in [0.15, 0.2) is 75.9 Å². The molecule has 2 heterocycles. The number of hydrogen-bond acceptors (Lipinski definition) is 5. The summed E-state index contributed by atoms with van der Waals surface area (Å²) in [6.07, 6.45) is 0. The first-order valence-corrected chi connectivity index (χ1v) is 10.3. The van der Waals surface area contributed by atoms with E-state index in [1.54, 1.807) is 48.4 Å². The molecule has 1 atom stereocenters. The Morgan fingerprint density at radius 3 is 2.41 bits per heavy atom. The van der Waals surface area contributed by atoms with Crippen molar-refractivity contribution in [3.63, 3.8) is 0 Å². The minimum absolute atomic E-state index is 0.0675. The fourth-order valence-electron chi connectivity index (χ4n) is 4.23. The van der Waals surface area contributed by atoms with Crippen LogP contribution in [0.1, 0.15) is 38.9 Å². The largest absolute Gasteiger partial charge is 0.508 e. The monoisotopic (exact) mass is 427 g/mol. The van der Waals surface area contributed by atoms with Crippen molar-refractivity contribution < 1.29 is 19.1 Å². The van der Waals surface area contributed by atoms with E-state index in [-0.39, 0.29) is 29.4 Å². The number of benzene rings is 3. The molecular formula is C26H21NO5. The van der Waals surface area contributed by atoms with Gasteiger partial charge >= 0.3 is 0 Å². The number of rotatable bonds is 4. The average Bonchev–Trinajstić information content (AvgIpc) is 3.07. The lowest BCUT2D eigenvalue weighted by Crippen LogP contribution is -2.29. The molecule has 1 amide bonds. The Hall–Kier alpha value is -4.06. The third-order valence-corrected chi connectivity index (χ3v) is 5.84. The van der Waals surface area contributed by atoms with Gasteiger partial charge in [-0.3, -0.25) is 9.59 Å². The highest BCUT2D eigenvalue weighted by Crippen LogP contribution is 2.39. The van der Waals surface area contributed by atoms with Crippen LogP contribution in [-0.2, 0) is 6.54 Å². The quantitative estimate of drug-likeness (QED) is 0.516. The van der Waals surface area contributed by atoms with Crippen LogP contribution in [0.2, 0.25) is 0 Å². The maximum Gasteiger partial charge on any atom is 0.291 e. The van der Waals surface area contributed by atoms with Crippen molar-refractivity contribution in [3.8, 4) is 11.5 Å². The van der Waals surface area contributed by atoms with Gasteiger partial charge in [-0.2, -0.15) is 0 Å². The van der Waals surface area contributed by atoms with E-state index in [2.05, 4.69) is 0 Å². The lowest BCUT2D eigenvalue weighted by atomic mass is 9.98. The zero-order valence-corrected chi connectivity index (χ0v) is 17.7. The number of aryl methyl sites for hydroxylation is 1. The van der Waals surface area contributed by atoms with Crippen LogP contribution in [-0.4, -0.2) is 23.0 Å². The molecule has 3 aromatic carbocycles. The van der Waals surface area contributed by atoms with Crippen LogP contribution in [0.3, 0.4) is 0 Å². The number of carbonyl (C=O) groups is 1. The van der Waals surface area contributed by atoms with Gasteiger partial charge in [0, 0.05) is 6.54 Å². The van der Waals surface area contributed by atoms with Crippen LogP contribution in [0.25, 0.3) is 11.0 Å². The molecule has 0 aliphatic carbocycles. The van der Waals surface area contributed by atoms with Crippen molar-refractivity contribution in [1.29, 1.82) is 0 Å². The fourth-order valence-corrected chi connectivity index (χ4v) is 4.23. The first-order chi connectivity index (χ1) is 15.5. The van der Waals surface area contributed by atoms with E-state index in [9.17, 15) is 14.7 Å². The average molecular weight is 427 g/mol. The molecule has 5 rings (SSSR count). The molecule has 0 radical (unpaired) electrons. The Morgan fingerprint density at radius 1 is 1.00 bits per heavy atom. The lowest BCUT2D eigenvalue weighted by Gasteiger charge is -2.25. The first-order valence-electron chi connectivity index (χ1n) is 10.3. The second-order valence-corrected chi connectivity index (χ2v) is 7.95. The summed E-state index contributed by atoms with van der Waals surface area (Å²) in [5.74, 6) is 0.561. The van der Waals surface area contributed by atoms with Crippen molar-refractivity contribution in [3.05, 3.63) is 105 Å². The Labute approximate surface area is 184 Å². The molecule has 1 unspecified atom stereocenters. The Kier molecular flexibility index (Phi) is 4.70. The smallest absolute Gasteiger partial charge is 0.291 e. The molecule has 1 aliphatic rings. The Morgan fingerprint density at radius 2 is 1.72 bits per heavy atom. The van der Waals surface area contributed by atoms with Gasteiger partial charge in [0.05, 0.1) is 24.1 Å². The summed E-state index contributed by atoms with van der Waals surface area (Å²) in [6, 6.07) is 18.7. The predicted octanol–water partition coefficient (Wildman–Crippen LogP) is 4.56. The number of fused-ring (bicyclic) bond motifs is 2. The Balaban J connectivity index is 1.68. The van der Waals surface area contributed by atoms with Crippen LogP contribution in [0, 0.1) is 6.92 Å². The zero-order valence-electron chi connectivity index (χ0n) is 17.7. The maximum atomic E-state index is 13.5. The van der Waals surface area contributed by atoms with Crippen molar-refractivity contribution in [2.45, 2.75) is 19.5 Å². The molecule has 0 spiro atoms. The first kappa shape index (κ1) is 19.9. The van der Waals surface area contributed by atoms with Gasteiger partial charge in [-0.1, -0.05) is 35.9 Å². The lowest BCUT2D eigenvalue weighted by molar-refractivity contribution is 0.0714. The molecule has 1 aliphatic heterocycles. The van der Waals surface area contributed by atoms with Crippen LogP contribution in [0.5, 0.6) is 11.5 Å². The highest BCUT2D eigenvalue weighted by atomic mass is 16.5. The molecule has 1 aromatic heterocycles. The molecule has 4 aromatic rings. The minimum Gasteiger partial charge on any atom is -0.508 e. The summed E-state index contributed by atoms with van der Waals surface area (Å²) in [5, 5.41) is 10.2. The van der Waals surface area contributed by atoms with E-state index in [0.717, 1.165) is 22.4 Å². The molecule has 0 bridgehead atoms. The molecule has 6 nitrogen and oxygen atoms in total. The van der Waals surface area contributed by atoms with Crippen molar-refractivity contribution >= 4 is 16.9 Å². The topological polar surface area (TPSA) is 80.0 Å². The van der Waals surface area contributed by atoms with Gasteiger partial charge in [-0.15, -0.1) is 0 Å². The molecule has 160 valence electrons. The number of phenols is 1. The van der Waals surface area contributed by atoms with E-state index in [0.29, 0.717) is 16.5 Å². The summed E-state index contributed by atoms with van der Waals surface area (Å²) >= 11 is 0. The van der Waals surface area contributed by atoms with E-state index >= 15 is 0 Å². The molecule has 0 saturated carbocycles. The number of amides is 1. The van der Waals surface area contributed by atoms with Gasteiger partial charge in [0.15, 0.2) is 5.43 Å². The highest BCUT2D eigenvalue weighted by Gasteiger charge is 2.42. The zero-order chi connectivity index (χ0) is 22.4. The predicted molar refractivity (Wildman–Crippen MR) is 120 cm³/mol. The highest BCUT2D eigenvalue weighted by molar-refractivity contribution is 5.99. The molecule has 1 N–H and O–H groups in total. The number of carbonyl (C=O) groups excluding carboxylic acids is 1. The van der Waals surface area contributed by atoms with E-state index in [1.807, 2.05) is 37.3 Å². The molecule has 0 fully saturated rings. The number of phenolic OH excluding ortho intramolecular Hbond substituents is 1. The number of nitrogens with zero attached hydrogens (tertiary/aromatic N) is 1. The normalized spacial score (nSPS) is 15.2. The van der Waals surface area contributed by atoms with E-state index in [4.69, 9.17) is 9.15 Å². The summed E-state index contributed by atoms with van der Waals surface area (Å²) in [7, 11) is 1.60. The second-order valence-electron chi connectivity index (χ2n) is 7.95. The van der Waals surface area contributed by atoms with Gasteiger partial charge in [0.1, 0.15) is 17.1 Å². The van der Waals surface area contributed by atoms with Gasteiger partial charge in [0.2, 0.25) is 5.76 Å². The van der Waals surface area contributed by atoms with E-state index in [1.165, 1.54) is 0 Å². The number of aromatic hydroxyl groups is 1. The molecule has 32 heavy (non-hydrogen) atoms. The maximum absolute atomic E-state index is 13.5. The summed E-state index contributed by atoms with van der Waals surface area (Å²) < 4.78 is 11.2. The van der Waals surface area contributed by atoms with Crippen LogP contribution < -0.4 is 10.2 Å². The van der Waals surface area contributed by atoms with Crippen molar-refractivity contribution in [1.82, 2.24) is 4.90 Å². The third-order valence-electron chi connectivity index (χ3n) is 5.84. The van der Waals surface area contributed by atoms with E-state index < -0.39 is 6.04 Å². The number of methoxy groups -OCH3 is 1. The fraction of sp³-hybridized carbons (Fsp3) is 0.154.